The van der Waals surface area contributed by atoms with Crippen molar-refractivity contribution in [3.05, 3.63) is 98.9 Å². The summed E-state index contributed by atoms with van der Waals surface area (Å²) in [6.45, 7) is 4.64. The van der Waals surface area contributed by atoms with Crippen molar-refractivity contribution in [1.82, 2.24) is 9.55 Å². The van der Waals surface area contributed by atoms with Crippen LogP contribution in [0.2, 0.25) is 0 Å². The minimum Gasteiger partial charge on any atom is -0.320 e. The lowest BCUT2D eigenvalue weighted by molar-refractivity contribution is 0.840. The van der Waals surface area contributed by atoms with Crippen molar-refractivity contribution in [2.75, 3.05) is 0 Å². The monoisotopic (exact) mass is 570 g/mol. The molecule has 0 saturated heterocycles. The molecule has 29 heavy (non-hydrogen) atoms. The Morgan fingerprint density at radius 2 is 1.14 bits per heavy atom. The van der Waals surface area contributed by atoms with E-state index in [1.807, 2.05) is 30.3 Å². The van der Waals surface area contributed by atoms with Crippen LogP contribution < -0.4 is 0 Å². The molecule has 0 fully saturated rings. The Kier molecular flexibility index (Phi) is 6.18. The first-order valence-electron chi connectivity index (χ1n) is 9.06. The first kappa shape index (κ1) is 20.3. The van der Waals surface area contributed by atoms with Crippen molar-refractivity contribution in [3.63, 3.8) is 0 Å². The van der Waals surface area contributed by atoms with Crippen molar-refractivity contribution in [2.24, 2.45) is 0 Å². The highest BCUT2D eigenvalue weighted by Crippen LogP contribution is 2.37. The van der Waals surface area contributed by atoms with Crippen LogP contribution in [0.15, 0.2) is 98.9 Å². The maximum atomic E-state index is 5.10. The maximum absolute atomic E-state index is 5.10. The van der Waals surface area contributed by atoms with E-state index < -0.39 is 0 Å². The molecule has 0 saturated carbocycles. The number of halogens is 3. The molecule has 1 aromatic heterocycles. The molecule has 144 valence electrons. The van der Waals surface area contributed by atoms with E-state index in [1.54, 1.807) is 0 Å². The van der Waals surface area contributed by atoms with Gasteiger partial charge in [0.1, 0.15) is 5.82 Å². The Hall–Kier alpha value is -1.95. The van der Waals surface area contributed by atoms with E-state index in [0.717, 1.165) is 47.3 Å². The van der Waals surface area contributed by atoms with Crippen molar-refractivity contribution < 1.29 is 0 Å². The van der Waals surface area contributed by atoms with Crippen molar-refractivity contribution in [2.45, 2.75) is 6.54 Å². The molecule has 0 radical (unpaired) electrons. The van der Waals surface area contributed by atoms with E-state index in [0.29, 0.717) is 6.54 Å². The predicted octanol–water partition coefficient (Wildman–Crippen LogP) is 8.36. The highest BCUT2D eigenvalue weighted by molar-refractivity contribution is 9.11. The lowest BCUT2D eigenvalue weighted by Gasteiger charge is -2.12. The normalized spacial score (nSPS) is 10.9. The predicted molar refractivity (Wildman–Crippen MR) is 132 cm³/mol. The number of imidazole rings is 1. The highest BCUT2D eigenvalue weighted by Gasteiger charge is 2.20. The van der Waals surface area contributed by atoms with Gasteiger partial charge in [-0.05, 0) is 36.4 Å². The fourth-order valence-corrected chi connectivity index (χ4v) is 4.08. The average molecular weight is 573 g/mol. The van der Waals surface area contributed by atoms with Gasteiger partial charge in [0, 0.05) is 36.7 Å². The lowest BCUT2D eigenvalue weighted by atomic mass is 10.0. The Bertz CT molecular complexity index is 1140. The first-order chi connectivity index (χ1) is 14.1. The third kappa shape index (κ3) is 4.32. The summed E-state index contributed by atoms with van der Waals surface area (Å²) in [5.41, 5.74) is 5.30. The summed E-state index contributed by atoms with van der Waals surface area (Å²) >= 11 is 10.6. The highest BCUT2D eigenvalue weighted by atomic mass is 79.9. The summed E-state index contributed by atoms with van der Waals surface area (Å²) in [5, 5.41) is 0. The number of aromatic nitrogens is 2. The minimum absolute atomic E-state index is 0.667. The number of nitrogens with zero attached hydrogens (tertiary/aromatic N) is 2. The molecule has 0 atom stereocenters. The molecular formula is C24H17Br3N2. The summed E-state index contributed by atoms with van der Waals surface area (Å²) < 4.78 is 5.38. The second-order valence-electron chi connectivity index (χ2n) is 6.55. The van der Waals surface area contributed by atoms with Crippen LogP contribution in [0.5, 0.6) is 0 Å². The van der Waals surface area contributed by atoms with Gasteiger partial charge in [-0.15, -0.1) is 6.58 Å². The first-order valence-corrected chi connectivity index (χ1v) is 11.4. The van der Waals surface area contributed by atoms with Gasteiger partial charge in [0.05, 0.1) is 11.4 Å². The molecule has 0 amide bonds. The molecule has 0 aliphatic rings. The molecule has 2 nitrogen and oxygen atoms in total. The quantitative estimate of drug-likeness (QED) is 0.220. The van der Waals surface area contributed by atoms with E-state index in [2.05, 4.69) is 107 Å². The van der Waals surface area contributed by atoms with Gasteiger partial charge in [0.2, 0.25) is 0 Å². The smallest absolute Gasteiger partial charge is 0.141 e. The summed E-state index contributed by atoms with van der Waals surface area (Å²) in [6.07, 6.45) is 1.91. The molecule has 0 bridgehead atoms. The maximum Gasteiger partial charge on any atom is 0.141 e. The van der Waals surface area contributed by atoms with Gasteiger partial charge in [-0.3, -0.25) is 0 Å². The van der Waals surface area contributed by atoms with E-state index in [-0.39, 0.29) is 0 Å². The van der Waals surface area contributed by atoms with Crippen LogP contribution in [0.3, 0.4) is 0 Å². The standard InChI is InChI=1S/C24H17Br3N2/c1-2-15-29-23(17-5-11-20(26)12-6-17)22(16-3-9-19(25)10-4-16)28-24(29)18-7-13-21(27)14-8-18/h2-14H,1,15H2. The van der Waals surface area contributed by atoms with Crippen LogP contribution in [0.4, 0.5) is 0 Å². The second-order valence-corrected chi connectivity index (χ2v) is 9.30. The Balaban J connectivity index is 2.01. The lowest BCUT2D eigenvalue weighted by Crippen LogP contribution is -2.01. The Labute approximate surface area is 195 Å². The van der Waals surface area contributed by atoms with E-state index in [9.17, 15) is 0 Å². The molecule has 5 heteroatoms. The van der Waals surface area contributed by atoms with Crippen molar-refractivity contribution in [3.8, 4) is 33.9 Å². The zero-order valence-electron chi connectivity index (χ0n) is 15.4. The number of rotatable bonds is 5. The van der Waals surface area contributed by atoms with E-state index >= 15 is 0 Å². The Morgan fingerprint density at radius 1 is 0.690 bits per heavy atom. The van der Waals surface area contributed by atoms with Gasteiger partial charge in [-0.1, -0.05) is 90.3 Å². The van der Waals surface area contributed by atoms with Crippen molar-refractivity contribution in [1.29, 1.82) is 0 Å². The van der Waals surface area contributed by atoms with Crippen LogP contribution in [0, 0.1) is 0 Å². The van der Waals surface area contributed by atoms with Crippen molar-refractivity contribution >= 4 is 47.8 Å². The molecule has 3 aromatic carbocycles. The summed E-state index contributed by atoms with van der Waals surface area (Å²) in [5.74, 6) is 0.924. The zero-order valence-corrected chi connectivity index (χ0v) is 20.2. The van der Waals surface area contributed by atoms with E-state index in [1.165, 1.54) is 0 Å². The van der Waals surface area contributed by atoms with Gasteiger partial charge in [0.15, 0.2) is 0 Å². The molecule has 0 unspecified atom stereocenters. The number of hydrogen-bond acceptors (Lipinski definition) is 1. The van der Waals surface area contributed by atoms with Crippen LogP contribution in [0.25, 0.3) is 33.9 Å². The Morgan fingerprint density at radius 3 is 1.62 bits per heavy atom. The third-order valence-electron chi connectivity index (χ3n) is 4.62. The molecular weight excluding hydrogens is 556 g/mol. The van der Waals surface area contributed by atoms with E-state index in [4.69, 9.17) is 4.98 Å². The molecule has 0 aliphatic carbocycles. The largest absolute Gasteiger partial charge is 0.320 e. The molecule has 4 rings (SSSR count). The zero-order chi connectivity index (χ0) is 20.4. The fraction of sp³-hybridized carbons (Fsp3) is 0.0417. The van der Waals surface area contributed by atoms with Gasteiger partial charge in [0.25, 0.3) is 0 Å². The second kappa shape index (κ2) is 8.82. The van der Waals surface area contributed by atoms with Gasteiger partial charge in [-0.25, -0.2) is 4.98 Å². The van der Waals surface area contributed by atoms with Crippen LogP contribution in [-0.4, -0.2) is 9.55 Å². The van der Waals surface area contributed by atoms with Gasteiger partial charge >= 0.3 is 0 Å². The molecule has 0 aliphatic heterocycles. The van der Waals surface area contributed by atoms with Crippen LogP contribution in [0.1, 0.15) is 0 Å². The van der Waals surface area contributed by atoms with Gasteiger partial charge in [-0.2, -0.15) is 0 Å². The summed E-state index contributed by atoms with van der Waals surface area (Å²) in [4.78, 5) is 5.10. The fourth-order valence-electron chi connectivity index (χ4n) is 3.29. The number of hydrogen-bond donors (Lipinski definition) is 0. The third-order valence-corrected chi connectivity index (χ3v) is 6.20. The molecule has 0 spiro atoms. The summed E-state index contributed by atoms with van der Waals surface area (Å²) in [6, 6.07) is 24.9. The topological polar surface area (TPSA) is 17.8 Å². The minimum atomic E-state index is 0.667. The summed E-state index contributed by atoms with van der Waals surface area (Å²) in [7, 11) is 0. The molecule has 0 N–H and O–H groups in total. The van der Waals surface area contributed by atoms with Gasteiger partial charge < -0.3 is 4.57 Å². The molecule has 4 aromatic rings. The molecule has 1 heterocycles. The average Bonchev–Trinajstić information content (AvgIpc) is 3.09. The number of allylic oxidation sites excluding steroid dienone is 1. The number of benzene rings is 3. The van der Waals surface area contributed by atoms with Crippen LogP contribution in [-0.2, 0) is 6.54 Å². The van der Waals surface area contributed by atoms with Crippen LogP contribution >= 0.6 is 47.8 Å². The SMILES string of the molecule is C=CCn1c(-c2ccc(Br)cc2)nc(-c2ccc(Br)cc2)c1-c1ccc(Br)cc1.